The smallest absolute Gasteiger partial charge is 0.271 e. The fourth-order valence-corrected chi connectivity index (χ4v) is 3.10. The van der Waals surface area contributed by atoms with Crippen LogP contribution in [-0.2, 0) is 16.3 Å². The minimum atomic E-state index is -3.69. The average molecular weight is 362 g/mol. The third kappa shape index (κ3) is 4.21. The second-order valence-electron chi connectivity index (χ2n) is 5.66. The molecular formula is C17H18N2O5S. The molecule has 1 amide bonds. The maximum Gasteiger partial charge on any atom is 0.271 e. The number of nitro groups is 1. The van der Waals surface area contributed by atoms with Crippen molar-refractivity contribution in [3.63, 3.8) is 0 Å². The first kappa shape index (κ1) is 18.6. The van der Waals surface area contributed by atoms with Gasteiger partial charge in [-0.15, -0.1) is 0 Å². The Morgan fingerprint density at radius 3 is 2.48 bits per heavy atom. The molecule has 0 spiro atoms. The first-order valence-corrected chi connectivity index (χ1v) is 9.42. The average Bonchev–Trinajstić information content (AvgIpc) is 2.55. The van der Waals surface area contributed by atoms with Gasteiger partial charge < -0.3 is 5.32 Å². The molecule has 0 heterocycles. The Kier molecular flexibility index (Phi) is 5.22. The standard InChI is InChI=1S/C17H18N2O5S/c1-4-12-7-5-6-11(2)16(12)18-17(20)13-8-14(19(21)22)10-15(9-13)25(3,23)24/h5-10H,4H2,1-3H3,(H,18,20). The Balaban J connectivity index is 2.50. The third-order valence-corrected chi connectivity index (χ3v) is 4.86. The molecule has 2 aromatic rings. The second kappa shape index (κ2) is 7.02. The highest BCUT2D eigenvalue weighted by Crippen LogP contribution is 2.24. The van der Waals surface area contributed by atoms with Crippen molar-refractivity contribution in [1.29, 1.82) is 0 Å². The zero-order valence-electron chi connectivity index (χ0n) is 14.1. The van der Waals surface area contributed by atoms with Crippen molar-refractivity contribution in [3.05, 3.63) is 63.2 Å². The number of hydrogen-bond acceptors (Lipinski definition) is 5. The van der Waals surface area contributed by atoms with Crippen LogP contribution in [0.5, 0.6) is 0 Å². The molecule has 25 heavy (non-hydrogen) atoms. The summed E-state index contributed by atoms with van der Waals surface area (Å²) in [5.74, 6) is -0.599. The Hall–Kier alpha value is -2.74. The summed E-state index contributed by atoms with van der Waals surface area (Å²) in [7, 11) is -3.69. The number of non-ortho nitro benzene ring substituents is 1. The van der Waals surface area contributed by atoms with Gasteiger partial charge in [-0.1, -0.05) is 25.1 Å². The van der Waals surface area contributed by atoms with Crippen LogP contribution in [0.3, 0.4) is 0 Å². The number of hydrogen-bond donors (Lipinski definition) is 1. The van der Waals surface area contributed by atoms with E-state index in [-0.39, 0.29) is 10.5 Å². The summed E-state index contributed by atoms with van der Waals surface area (Å²) in [5, 5.41) is 13.8. The maximum absolute atomic E-state index is 12.6. The van der Waals surface area contributed by atoms with Crippen LogP contribution in [-0.4, -0.2) is 25.5 Å². The van der Waals surface area contributed by atoms with Crippen LogP contribution in [0.1, 0.15) is 28.4 Å². The van der Waals surface area contributed by atoms with E-state index in [9.17, 15) is 23.3 Å². The molecule has 0 atom stereocenters. The summed E-state index contributed by atoms with van der Waals surface area (Å²) in [4.78, 5) is 22.6. The Bertz CT molecular complexity index is 952. The molecule has 1 N–H and O–H groups in total. The zero-order valence-corrected chi connectivity index (χ0v) is 14.9. The van der Waals surface area contributed by atoms with Gasteiger partial charge in [0.15, 0.2) is 9.84 Å². The summed E-state index contributed by atoms with van der Waals surface area (Å²) in [5.41, 5.74) is 1.86. The van der Waals surface area contributed by atoms with Crippen molar-refractivity contribution < 1.29 is 18.1 Å². The van der Waals surface area contributed by atoms with Crippen LogP contribution >= 0.6 is 0 Å². The number of nitrogens with zero attached hydrogens (tertiary/aromatic N) is 1. The molecule has 7 nitrogen and oxygen atoms in total. The predicted octanol–water partition coefficient (Wildman–Crippen LogP) is 3.12. The highest BCUT2D eigenvalue weighted by Gasteiger charge is 2.20. The highest BCUT2D eigenvalue weighted by atomic mass is 32.2. The fraction of sp³-hybridized carbons (Fsp3) is 0.235. The lowest BCUT2D eigenvalue weighted by Crippen LogP contribution is -2.15. The van der Waals surface area contributed by atoms with Crippen LogP contribution in [0.15, 0.2) is 41.3 Å². The molecule has 2 rings (SSSR count). The largest absolute Gasteiger partial charge is 0.321 e. The summed E-state index contributed by atoms with van der Waals surface area (Å²) in [6.45, 7) is 3.78. The molecule has 0 aliphatic heterocycles. The Morgan fingerprint density at radius 2 is 1.92 bits per heavy atom. The van der Waals surface area contributed by atoms with Gasteiger partial charge in [-0.2, -0.15) is 0 Å². The van der Waals surface area contributed by atoms with Crippen molar-refractivity contribution in [2.75, 3.05) is 11.6 Å². The molecular weight excluding hydrogens is 344 g/mol. The van der Waals surface area contributed by atoms with Crippen molar-refractivity contribution in [3.8, 4) is 0 Å². The number of benzene rings is 2. The number of nitrogens with one attached hydrogen (secondary N) is 1. The summed E-state index contributed by atoms with van der Waals surface area (Å²) in [6.07, 6.45) is 1.63. The third-order valence-electron chi connectivity index (χ3n) is 3.77. The van der Waals surface area contributed by atoms with E-state index in [0.29, 0.717) is 12.1 Å². The monoisotopic (exact) mass is 362 g/mol. The van der Waals surface area contributed by atoms with Gasteiger partial charge in [0.05, 0.1) is 9.82 Å². The number of anilines is 1. The van der Waals surface area contributed by atoms with Crippen molar-refractivity contribution >= 4 is 27.1 Å². The zero-order chi connectivity index (χ0) is 18.8. The van der Waals surface area contributed by atoms with Gasteiger partial charge in [-0.05, 0) is 30.5 Å². The highest BCUT2D eigenvalue weighted by molar-refractivity contribution is 7.90. The lowest BCUT2D eigenvalue weighted by Gasteiger charge is -2.13. The predicted molar refractivity (Wildman–Crippen MR) is 94.7 cm³/mol. The molecule has 132 valence electrons. The van der Waals surface area contributed by atoms with Crippen LogP contribution in [0.25, 0.3) is 0 Å². The maximum atomic E-state index is 12.6. The molecule has 2 aromatic carbocycles. The Labute approximate surface area is 145 Å². The number of nitro benzene ring substituents is 1. The molecule has 8 heteroatoms. The normalized spacial score (nSPS) is 11.2. The van der Waals surface area contributed by atoms with E-state index in [4.69, 9.17) is 0 Å². The number of carbonyl (C=O) groups is 1. The van der Waals surface area contributed by atoms with Crippen LogP contribution in [0.4, 0.5) is 11.4 Å². The van der Waals surface area contributed by atoms with Gasteiger partial charge in [0.25, 0.3) is 11.6 Å². The minimum absolute atomic E-state index is 0.0834. The van der Waals surface area contributed by atoms with Crippen LogP contribution in [0, 0.1) is 17.0 Å². The summed E-state index contributed by atoms with van der Waals surface area (Å²) in [6, 6.07) is 8.73. The first-order chi connectivity index (χ1) is 11.6. The van der Waals surface area contributed by atoms with Crippen molar-refractivity contribution in [2.24, 2.45) is 0 Å². The molecule has 0 fully saturated rings. The van der Waals surface area contributed by atoms with E-state index in [2.05, 4.69) is 5.32 Å². The van der Waals surface area contributed by atoms with Gasteiger partial charge in [0.1, 0.15) is 0 Å². The lowest BCUT2D eigenvalue weighted by molar-refractivity contribution is -0.385. The van der Waals surface area contributed by atoms with Crippen LogP contribution < -0.4 is 5.32 Å². The van der Waals surface area contributed by atoms with Crippen LogP contribution in [0.2, 0.25) is 0 Å². The second-order valence-corrected chi connectivity index (χ2v) is 7.68. The number of amides is 1. The molecule has 0 unspecified atom stereocenters. The molecule has 0 aliphatic rings. The molecule has 0 aliphatic carbocycles. The molecule has 0 bridgehead atoms. The molecule has 0 aromatic heterocycles. The fourth-order valence-electron chi connectivity index (χ4n) is 2.42. The van der Waals surface area contributed by atoms with E-state index < -0.39 is 26.4 Å². The number of sulfone groups is 1. The van der Waals surface area contributed by atoms with Gasteiger partial charge in [0, 0.05) is 29.6 Å². The minimum Gasteiger partial charge on any atom is -0.321 e. The van der Waals surface area contributed by atoms with Gasteiger partial charge in [-0.3, -0.25) is 14.9 Å². The quantitative estimate of drug-likeness (QED) is 0.650. The van der Waals surface area contributed by atoms with Gasteiger partial charge in [0.2, 0.25) is 0 Å². The van der Waals surface area contributed by atoms with Gasteiger partial charge in [-0.25, -0.2) is 8.42 Å². The van der Waals surface area contributed by atoms with Gasteiger partial charge >= 0.3 is 0 Å². The Morgan fingerprint density at radius 1 is 1.24 bits per heavy atom. The van der Waals surface area contributed by atoms with E-state index in [1.807, 2.05) is 32.0 Å². The number of rotatable bonds is 5. The molecule has 0 radical (unpaired) electrons. The topological polar surface area (TPSA) is 106 Å². The van der Waals surface area contributed by atoms with Crippen molar-refractivity contribution in [1.82, 2.24) is 0 Å². The summed E-state index contributed by atoms with van der Waals surface area (Å²) < 4.78 is 23.5. The molecule has 0 saturated carbocycles. The van der Waals surface area contributed by atoms with E-state index in [0.717, 1.165) is 35.6 Å². The lowest BCUT2D eigenvalue weighted by atomic mass is 10.1. The SMILES string of the molecule is CCc1cccc(C)c1NC(=O)c1cc([N+](=O)[O-])cc(S(C)(=O)=O)c1. The van der Waals surface area contributed by atoms with E-state index >= 15 is 0 Å². The summed E-state index contributed by atoms with van der Waals surface area (Å²) >= 11 is 0. The van der Waals surface area contributed by atoms with Crippen molar-refractivity contribution in [2.45, 2.75) is 25.2 Å². The molecule has 0 saturated heterocycles. The van der Waals surface area contributed by atoms with E-state index in [1.54, 1.807) is 0 Å². The number of para-hydroxylation sites is 1. The number of aryl methyl sites for hydroxylation is 2. The number of carbonyl (C=O) groups excluding carboxylic acids is 1. The van der Waals surface area contributed by atoms with E-state index in [1.165, 1.54) is 0 Å². The first-order valence-electron chi connectivity index (χ1n) is 7.53.